The molecule has 1 amide bonds. The summed E-state index contributed by atoms with van der Waals surface area (Å²) in [4.78, 5) is 16.7. The van der Waals surface area contributed by atoms with Crippen LogP contribution in [-0.2, 0) is 0 Å². The van der Waals surface area contributed by atoms with E-state index < -0.39 is 0 Å². The number of halogens is 1. The van der Waals surface area contributed by atoms with Gasteiger partial charge in [-0.2, -0.15) is 0 Å². The molecule has 4 heteroatoms. The van der Waals surface area contributed by atoms with Crippen LogP contribution in [0.15, 0.2) is 16.7 Å². The number of H-pyrrole nitrogens is 1. The Kier molecular flexibility index (Phi) is 4.39. The molecule has 1 atom stereocenters. The molecule has 0 aliphatic carbocycles. The van der Waals surface area contributed by atoms with Crippen molar-refractivity contribution in [1.29, 1.82) is 0 Å². The summed E-state index contributed by atoms with van der Waals surface area (Å²) in [6.07, 6.45) is 3.89. The van der Waals surface area contributed by atoms with Gasteiger partial charge in [-0.1, -0.05) is 13.3 Å². The van der Waals surface area contributed by atoms with E-state index in [0.29, 0.717) is 5.69 Å². The lowest BCUT2D eigenvalue weighted by atomic mass is 10.1. The third kappa shape index (κ3) is 3.09. The van der Waals surface area contributed by atoms with Gasteiger partial charge < -0.3 is 9.88 Å². The Balaban J connectivity index is 2.68. The van der Waals surface area contributed by atoms with Crippen LogP contribution >= 0.6 is 15.9 Å². The average Bonchev–Trinajstić information content (AvgIpc) is 2.63. The summed E-state index contributed by atoms with van der Waals surface area (Å²) in [5, 5.41) is 0. The van der Waals surface area contributed by atoms with Gasteiger partial charge in [-0.05, 0) is 35.3 Å². The van der Waals surface area contributed by atoms with Crippen LogP contribution in [0.25, 0.3) is 0 Å². The minimum Gasteiger partial charge on any atom is -0.356 e. The summed E-state index contributed by atoms with van der Waals surface area (Å²) in [5.41, 5.74) is 0.632. The maximum Gasteiger partial charge on any atom is 0.270 e. The number of nitrogens with one attached hydrogen (secondary N) is 1. The van der Waals surface area contributed by atoms with Gasteiger partial charge in [-0.25, -0.2) is 0 Å². The standard InChI is InChI=1S/C11H17BrN2O/c1-4-5-8(2)14(3)11(15)10-6-9(12)7-13-10/h6-8,13H,4-5H2,1-3H3. The van der Waals surface area contributed by atoms with E-state index in [1.54, 1.807) is 17.2 Å². The molecular weight excluding hydrogens is 256 g/mol. The normalized spacial score (nSPS) is 12.5. The summed E-state index contributed by atoms with van der Waals surface area (Å²) < 4.78 is 0.905. The molecule has 0 saturated carbocycles. The molecule has 0 spiro atoms. The van der Waals surface area contributed by atoms with Crippen molar-refractivity contribution in [1.82, 2.24) is 9.88 Å². The van der Waals surface area contributed by atoms with Gasteiger partial charge in [0.1, 0.15) is 5.69 Å². The third-order valence-electron chi connectivity index (χ3n) is 2.57. The van der Waals surface area contributed by atoms with Gasteiger partial charge in [0.15, 0.2) is 0 Å². The molecular formula is C11H17BrN2O. The Morgan fingerprint density at radius 2 is 2.33 bits per heavy atom. The van der Waals surface area contributed by atoms with E-state index in [1.165, 1.54) is 0 Å². The van der Waals surface area contributed by atoms with E-state index >= 15 is 0 Å². The van der Waals surface area contributed by atoms with Crippen LogP contribution < -0.4 is 0 Å². The Labute approximate surface area is 99.0 Å². The van der Waals surface area contributed by atoms with Gasteiger partial charge in [-0.15, -0.1) is 0 Å². The summed E-state index contributed by atoms with van der Waals surface area (Å²) in [6, 6.07) is 2.09. The monoisotopic (exact) mass is 272 g/mol. The highest BCUT2D eigenvalue weighted by atomic mass is 79.9. The first-order valence-electron chi connectivity index (χ1n) is 5.17. The van der Waals surface area contributed by atoms with Gasteiger partial charge in [0.2, 0.25) is 0 Å². The minimum absolute atomic E-state index is 0.0432. The van der Waals surface area contributed by atoms with Crippen molar-refractivity contribution < 1.29 is 4.79 Å². The number of hydrogen-bond donors (Lipinski definition) is 1. The molecule has 1 heterocycles. The minimum atomic E-state index is 0.0432. The molecule has 1 rings (SSSR count). The number of aromatic nitrogens is 1. The third-order valence-corrected chi connectivity index (χ3v) is 3.02. The molecule has 84 valence electrons. The smallest absolute Gasteiger partial charge is 0.270 e. The number of aromatic amines is 1. The Bertz CT molecular complexity index is 335. The molecule has 0 radical (unpaired) electrons. The molecule has 3 nitrogen and oxygen atoms in total. The van der Waals surface area contributed by atoms with Crippen LogP contribution in [0, 0.1) is 0 Å². The van der Waals surface area contributed by atoms with E-state index in [2.05, 4.69) is 34.8 Å². The fourth-order valence-electron chi connectivity index (χ4n) is 1.49. The first-order valence-corrected chi connectivity index (χ1v) is 5.96. The van der Waals surface area contributed by atoms with Crippen molar-refractivity contribution in [3.63, 3.8) is 0 Å². The SMILES string of the molecule is CCCC(C)N(C)C(=O)c1cc(Br)c[nH]1. The first kappa shape index (κ1) is 12.3. The number of carbonyl (C=O) groups is 1. The van der Waals surface area contributed by atoms with Crippen molar-refractivity contribution in [3.05, 3.63) is 22.4 Å². The first-order chi connectivity index (χ1) is 7.06. The summed E-state index contributed by atoms with van der Waals surface area (Å²) in [6.45, 7) is 4.19. The van der Waals surface area contributed by atoms with E-state index in [9.17, 15) is 4.79 Å². The molecule has 1 aromatic rings. The number of carbonyl (C=O) groups excluding carboxylic acids is 1. The predicted molar refractivity (Wildman–Crippen MR) is 65.0 cm³/mol. The molecule has 1 N–H and O–H groups in total. The highest BCUT2D eigenvalue weighted by molar-refractivity contribution is 9.10. The lowest BCUT2D eigenvalue weighted by Crippen LogP contribution is -2.35. The zero-order chi connectivity index (χ0) is 11.4. The van der Waals surface area contributed by atoms with E-state index in [4.69, 9.17) is 0 Å². The molecule has 0 aromatic carbocycles. The molecule has 0 fully saturated rings. The molecule has 0 aliphatic rings. The molecule has 15 heavy (non-hydrogen) atoms. The lowest BCUT2D eigenvalue weighted by Gasteiger charge is -2.23. The highest BCUT2D eigenvalue weighted by Crippen LogP contribution is 2.14. The van der Waals surface area contributed by atoms with Crippen molar-refractivity contribution in [2.75, 3.05) is 7.05 Å². The molecule has 0 bridgehead atoms. The van der Waals surface area contributed by atoms with Crippen LogP contribution in [0.1, 0.15) is 37.2 Å². The second kappa shape index (κ2) is 5.35. The van der Waals surface area contributed by atoms with Gasteiger partial charge in [-0.3, -0.25) is 4.79 Å². The number of amides is 1. The second-order valence-corrected chi connectivity index (χ2v) is 4.70. The Hall–Kier alpha value is -0.770. The Morgan fingerprint density at radius 1 is 1.67 bits per heavy atom. The van der Waals surface area contributed by atoms with E-state index in [1.807, 2.05) is 7.05 Å². The Morgan fingerprint density at radius 3 is 2.80 bits per heavy atom. The summed E-state index contributed by atoms with van der Waals surface area (Å²) in [5.74, 6) is 0.0432. The molecule has 0 aliphatic heterocycles. The number of nitrogens with zero attached hydrogens (tertiary/aromatic N) is 1. The maximum absolute atomic E-state index is 11.9. The summed E-state index contributed by atoms with van der Waals surface area (Å²) >= 11 is 3.32. The fourth-order valence-corrected chi connectivity index (χ4v) is 1.84. The lowest BCUT2D eigenvalue weighted by molar-refractivity contribution is 0.0731. The zero-order valence-electron chi connectivity index (χ0n) is 9.38. The van der Waals surface area contributed by atoms with Gasteiger partial charge in [0, 0.05) is 23.8 Å². The van der Waals surface area contributed by atoms with Crippen LogP contribution in [0.5, 0.6) is 0 Å². The van der Waals surface area contributed by atoms with E-state index in [0.717, 1.165) is 17.3 Å². The van der Waals surface area contributed by atoms with Crippen molar-refractivity contribution >= 4 is 21.8 Å². The largest absolute Gasteiger partial charge is 0.356 e. The number of hydrogen-bond acceptors (Lipinski definition) is 1. The van der Waals surface area contributed by atoms with Crippen molar-refractivity contribution in [2.45, 2.75) is 32.7 Å². The number of rotatable bonds is 4. The van der Waals surface area contributed by atoms with Gasteiger partial charge in [0.05, 0.1) is 0 Å². The van der Waals surface area contributed by atoms with Crippen LogP contribution in [0.3, 0.4) is 0 Å². The molecule has 1 unspecified atom stereocenters. The van der Waals surface area contributed by atoms with Crippen molar-refractivity contribution in [2.24, 2.45) is 0 Å². The van der Waals surface area contributed by atoms with E-state index in [-0.39, 0.29) is 11.9 Å². The highest BCUT2D eigenvalue weighted by Gasteiger charge is 2.17. The van der Waals surface area contributed by atoms with Crippen LogP contribution in [0.4, 0.5) is 0 Å². The van der Waals surface area contributed by atoms with Crippen molar-refractivity contribution in [3.8, 4) is 0 Å². The predicted octanol–water partition coefficient (Wildman–Crippen LogP) is 3.04. The molecule has 0 saturated heterocycles. The van der Waals surface area contributed by atoms with Gasteiger partial charge >= 0.3 is 0 Å². The average molecular weight is 273 g/mol. The van der Waals surface area contributed by atoms with Crippen LogP contribution in [0.2, 0.25) is 0 Å². The fraction of sp³-hybridized carbons (Fsp3) is 0.545. The topological polar surface area (TPSA) is 36.1 Å². The van der Waals surface area contributed by atoms with Gasteiger partial charge in [0.25, 0.3) is 5.91 Å². The summed E-state index contributed by atoms with van der Waals surface area (Å²) in [7, 11) is 1.84. The quantitative estimate of drug-likeness (QED) is 0.899. The maximum atomic E-state index is 11.9. The van der Waals surface area contributed by atoms with Crippen LogP contribution in [-0.4, -0.2) is 28.9 Å². The second-order valence-electron chi connectivity index (χ2n) is 3.79. The molecule has 1 aromatic heterocycles. The zero-order valence-corrected chi connectivity index (χ0v) is 11.0.